The number of hydrogen-bond acceptors (Lipinski definition) is 4. The second-order valence-corrected chi connectivity index (χ2v) is 5.68. The van der Waals surface area contributed by atoms with E-state index in [0.29, 0.717) is 21.3 Å². The number of carbonyl (C=O) groups is 2. The van der Waals surface area contributed by atoms with Gasteiger partial charge in [0.2, 0.25) is 0 Å². The lowest BCUT2D eigenvalue weighted by Gasteiger charge is -2.12. The molecule has 0 unspecified atom stereocenters. The summed E-state index contributed by atoms with van der Waals surface area (Å²) in [4.78, 5) is 30.0. The molecule has 1 aliphatic rings. The number of pyridine rings is 1. The van der Waals surface area contributed by atoms with Crippen LogP contribution in [0.5, 0.6) is 0 Å². The molecule has 0 bridgehead atoms. The average molecular weight is 317 g/mol. The molecule has 0 aliphatic carbocycles. The third-order valence-electron chi connectivity index (χ3n) is 2.85. The van der Waals surface area contributed by atoms with Crippen molar-refractivity contribution in [1.29, 1.82) is 0 Å². The summed E-state index contributed by atoms with van der Waals surface area (Å²) in [6.45, 7) is 0. The van der Waals surface area contributed by atoms with Gasteiger partial charge in [-0.2, -0.15) is 0 Å². The monoisotopic (exact) mass is 316 g/mol. The molecule has 1 aromatic carbocycles. The molecule has 0 radical (unpaired) electrons. The third-order valence-corrected chi connectivity index (χ3v) is 3.97. The minimum absolute atomic E-state index is 0.329. The molecule has 104 valence electrons. The SMILES string of the molecule is O=C1S/C(=C\c2ccccn2)C(=O)N1c1ccc(Cl)cc1. The van der Waals surface area contributed by atoms with E-state index in [-0.39, 0.29) is 11.1 Å². The van der Waals surface area contributed by atoms with E-state index in [1.807, 2.05) is 6.07 Å². The zero-order chi connectivity index (χ0) is 14.8. The smallest absolute Gasteiger partial charge is 0.268 e. The third kappa shape index (κ3) is 2.84. The molecule has 1 aliphatic heterocycles. The molecular weight excluding hydrogens is 308 g/mol. The molecular formula is C15H9ClN2O2S. The highest BCUT2D eigenvalue weighted by molar-refractivity contribution is 8.19. The average Bonchev–Trinajstić information content (AvgIpc) is 2.76. The molecule has 0 N–H and O–H groups in total. The lowest BCUT2D eigenvalue weighted by atomic mass is 10.2. The maximum absolute atomic E-state index is 12.4. The Bertz CT molecular complexity index is 729. The van der Waals surface area contributed by atoms with Gasteiger partial charge in [0.05, 0.1) is 16.3 Å². The Morgan fingerprint density at radius 3 is 2.52 bits per heavy atom. The Labute approximate surface area is 130 Å². The first-order valence-electron chi connectivity index (χ1n) is 6.10. The number of anilines is 1. The van der Waals surface area contributed by atoms with Gasteiger partial charge in [-0.3, -0.25) is 14.6 Å². The van der Waals surface area contributed by atoms with Crippen molar-refractivity contribution >= 4 is 46.3 Å². The molecule has 0 saturated carbocycles. The number of hydrogen-bond donors (Lipinski definition) is 0. The summed E-state index contributed by atoms with van der Waals surface area (Å²) >= 11 is 6.72. The fourth-order valence-electron chi connectivity index (χ4n) is 1.88. The number of thioether (sulfide) groups is 1. The van der Waals surface area contributed by atoms with Gasteiger partial charge >= 0.3 is 0 Å². The van der Waals surface area contributed by atoms with Crippen molar-refractivity contribution in [3.63, 3.8) is 0 Å². The van der Waals surface area contributed by atoms with Crippen LogP contribution in [0.15, 0.2) is 53.6 Å². The van der Waals surface area contributed by atoms with E-state index in [9.17, 15) is 9.59 Å². The number of aromatic nitrogens is 1. The molecule has 6 heteroatoms. The number of imide groups is 1. The highest BCUT2D eigenvalue weighted by atomic mass is 35.5. The van der Waals surface area contributed by atoms with Crippen LogP contribution in [0.3, 0.4) is 0 Å². The molecule has 2 amide bonds. The molecule has 1 saturated heterocycles. The van der Waals surface area contributed by atoms with Gasteiger partial charge in [-0.25, -0.2) is 4.90 Å². The van der Waals surface area contributed by atoms with Crippen LogP contribution < -0.4 is 4.90 Å². The number of halogens is 1. The van der Waals surface area contributed by atoms with Crippen molar-refractivity contribution in [2.24, 2.45) is 0 Å². The van der Waals surface area contributed by atoms with E-state index in [4.69, 9.17) is 11.6 Å². The number of rotatable bonds is 2. The molecule has 21 heavy (non-hydrogen) atoms. The van der Waals surface area contributed by atoms with Gasteiger partial charge < -0.3 is 0 Å². The van der Waals surface area contributed by atoms with Gasteiger partial charge in [0.25, 0.3) is 11.1 Å². The van der Waals surface area contributed by atoms with Crippen LogP contribution in [-0.4, -0.2) is 16.1 Å². The standard InChI is InChI=1S/C15H9ClN2O2S/c16-10-4-6-12(7-5-10)18-14(19)13(21-15(18)20)9-11-3-1-2-8-17-11/h1-9H/b13-9-. The zero-order valence-electron chi connectivity index (χ0n) is 10.7. The van der Waals surface area contributed by atoms with Gasteiger partial charge in [-0.05, 0) is 54.2 Å². The largest absolute Gasteiger partial charge is 0.298 e. The van der Waals surface area contributed by atoms with Gasteiger partial charge in [-0.15, -0.1) is 0 Å². The highest BCUT2D eigenvalue weighted by Crippen LogP contribution is 2.35. The fourth-order valence-corrected chi connectivity index (χ4v) is 2.83. The maximum atomic E-state index is 12.4. The zero-order valence-corrected chi connectivity index (χ0v) is 12.3. The quantitative estimate of drug-likeness (QED) is 0.786. The van der Waals surface area contributed by atoms with Crippen molar-refractivity contribution < 1.29 is 9.59 Å². The van der Waals surface area contributed by atoms with E-state index in [2.05, 4.69) is 4.98 Å². The first kappa shape index (κ1) is 13.9. The number of carbonyl (C=O) groups excluding carboxylic acids is 2. The minimum Gasteiger partial charge on any atom is -0.268 e. The maximum Gasteiger partial charge on any atom is 0.298 e. The van der Waals surface area contributed by atoms with Crippen LogP contribution in [0.4, 0.5) is 10.5 Å². The van der Waals surface area contributed by atoms with E-state index < -0.39 is 0 Å². The summed E-state index contributed by atoms with van der Waals surface area (Å²) < 4.78 is 0. The first-order chi connectivity index (χ1) is 10.1. The summed E-state index contributed by atoms with van der Waals surface area (Å²) in [7, 11) is 0. The van der Waals surface area contributed by atoms with E-state index in [1.54, 1.807) is 48.7 Å². The van der Waals surface area contributed by atoms with Crippen molar-refractivity contribution in [2.75, 3.05) is 4.90 Å². The summed E-state index contributed by atoms with van der Waals surface area (Å²) in [5.74, 6) is -0.349. The van der Waals surface area contributed by atoms with Crippen LogP contribution >= 0.6 is 23.4 Å². The van der Waals surface area contributed by atoms with Gasteiger partial charge in [-0.1, -0.05) is 17.7 Å². The lowest BCUT2D eigenvalue weighted by molar-refractivity contribution is -0.113. The molecule has 2 heterocycles. The van der Waals surface area contributed by atoms with Crippen molar-refractivity contribution in [3.05, 3.63) is 64.3 Å². The van der Waals surface area contributed by atoms with Crippen molar-refractivity contribution in [2.45, 2.75) is 0 Å². The van der Waals surface area contributed by atoms with Gasteiger partial charge in [0, 0.05) is 11.2 Å². The van der Waals surface area contributed by atoms with Gasteiger partial charge in [0.1, 0.15) is 0 Å². The predicted octanol–water partition coefficient (Wildman–Crippen LogP) is 3.98. The molecule has 4 nitrogen and oxygen atoms in total. The first-order valence-corrected chi connectivity index (χ1v) is 7.29. The second kappa shape index (κ2) is 5.71. The minimum atomic E-state index is -0.349. The van der Waals surface area contributed by atoms with E-state index in [0.717, 1.165) is 16.7 Å². The van der Waals surface area contributed by atoms with Crippen molar-refractivity contribution in [1.82, 2.24) is 4.98 Å². The Balaban J connectivity index is 1.92. The van der Waals surface area contributed by atoms with Gasteiger partial charge in [0.15, 0.2) is 0 Å². The van der Waals surface area contributed by atoms with Crippen molar-refractivity contribution in [3.8, 4) is 0 Å². The molecule has 2 aromatic rings. The molecule has 1 aromatic heterocycles. The fraction of sp³-hybridized carbons (Fsp3) is 0. The Kier molecular flexibility index (Phi) is 3.77. The van der Waals surface area contributed by atoms with Crippen LogP contribution in [0.1, 0.15) is 5.69 Å². The van der Waals surface area contributed by atoms with E-state index in [1.165, 1.54) is 0 Å². The number of benzene rings is 1. The van der Waals surface area contributed by atoms with Crippen LogP contribution in [0.25, 0.3) is 6.08 Å². The summed E-state index contributed by atoms with van der Waals surface area (Å²) in [6, 6.07) is 11.9. The van der Waals surface area contributed by atoms with Crippen LogP contribution in [-0.2, 0) is 4.79 Å². The molecule has 0 spiro atoms. The Morgan fingerprint density at radius 2 is 1.86 bits per heavy atom. The van der Waals surface area contributed by atoms with E-state index >= 15 is 0 Å². The number of amides is 2. The normalized spacial score (nSPS) is 16.8. The van der Waals surface area contributed by atoms with Crippen LogP contribution in [0.2, 0.25) is 5.02 Å². The molecule has 1 fully saturated rings. The highest BCUT2D eigenvalue weighted by Gasteiger charge is 2.36. The Hall–Kier alpha value is -2.11. The summed E-state index contributed by atoms with van der Waals surface area (Å²) in [5, 5.41) is 0.222. The summed E-state index contributed by atoms with van der Waals surface area (Å²) in [5.41, 5.74) is 1.14. The molecule has 0 atom stereocenters. The number of nitrogens with zero attached hydrogens (tertiary/aromatic N) is 2. The topological polar surface area (TPSA) is 50.3 Å². The molecule has 3 rings (SSSR count). The summed E-state index contributed by atoms with van der Waals surface area (Å²) in [6.07, 6.45) is 3.25. The lowest BCUT2D eigenvalue weighted by Crippen LogP contribution is -2.27. The van der Waals surface area contributed by atoms with Crippen LogP contribution in [0, 0.1) is 0 Å². The predicted molar refractivity (Wildman–Crippen MR) is 84.1 cm³/mol. The second-order valence-electron chi connectivity index (χ2n) is 4.25. The Morgan fingerprint density at radius 1 is 1.10 bits per heavy atom.